The maximum absolute atomic E-state index is 12.1. The quantitative estimate of drug-likeness (QED) is 0.784. The van der Waals surface area contributed by atoms with E-state index in [-0.39, 0.29) is 12.1 Å². The van der Waals surface area contributed by atoms with E-state index >= 15 is 0 Å². The van der Waals surface area contributed by atoms with Crippen molar-refractivity contribution < 1.29 is 14.3 Å². The second-order valence-electron chi connectivity index (χ2n) is 7.59. The Bertz CT molecular complexity index is 762. The summed E-state index contributed by atoms with van der Waals surface area (Å²) in [4.78, 5) is 18.1. The number of pyridine rings is 1. The van der Waals surface area contributed by atoms with E-state index in [0.717, 1.165) is 18.5 Å². The number of nitrogens with zero attached hydrogens (tertiary/aromatic N) is 4. The number of aromatic nitrogens is 3. The van der Waals surface area contributed by atoms with Crippen molar-refractivity contribution in [1.82, 2.24) is 19.7 Å². The van der Waals surface area contributed by atoms with Gasteiger partial charge in [0.2, 0.25) is 5.88 Å². The molecule has 1 aliphatic rings. The van der Waals surface area contributed by atoms with Crippen LogP contribution in [-0.2, 0) is 11.3 Å². The SMILES string of the molecule is CC(C)(C)OC(=O)N1CCC(n2ccc(OCc3ccc(Cl)cn3)n2)CC1. The average molecular weight is 393 g/mol. The molecular weight excluding hydrogens is 368 g/mol. The van der Waals surface area contributed by atoms with Gasteiger partial charge in [0.15, 0.2) is 0 Å². The summed E-state index contributed by atoms with van der Waals surface area (Å²) in [6, 6.07) is 5.70. The van der Waals surface area contributed by atoms with Crippen LogP contribution in [0.25, 0.3) is 0 Å². The van der Waals surface area contributed by atoms with Gasteiger partial charge in [-0.1, -0.05) is 11.6 Å². The van der Waals surface area contributed by atoms with E-state index in [4.69, 9.17) is 21.1 Å². The molecule has 0 spiro atoms. The van der Waals surface area contributed by atoms with Gasteiger partial charge in [-0.25, -0.2) is 4.79 Å². The highest BCUT2D eigenvalue weighted by atomic mass is 35.5. The second kappa shape index (κ2) is 8.17. The van der Waals surface area contributed by atoms with Crippen molar-refractivity contribution in [3.8, 4) is 5.88 Å². The Morgan fingerprint density at radius 3 is 2.63 bits per heavy atom. The molecular formula is C19H25ClN4O3. The first-order chi connectivity index (χ1) is 12.8. The molecule has 1 aliphatic heterocycles. The van der Waals surface area contributed by atoms with Crippen molar-refractivity contribution in [1.29, 1.82) is 0 Å². The summed E-state index contributed by atoms with van der Waals surface area (Å²) in [6.07, 6.45) is 4.93. The Morgan fingerprint density at radius 1 is 1.26 bits per heavy atom. The average Bonchev–Trinajstić information content (AvgIpc) is 3.09. The highest BCUT2D eigenvalue weighted by Crippen LogP contribution is 2.24. The number of rotatable bonds is 4. The van der Waals surface area contributed by atoms with Gasteiger partial charge in [0.05, 0.1) is 16.8 Å². The molecule has 3 rings (SSSR count). The number of halogens is 1. The van der Waals surface area contributed by atoms with Crippen LogP contribution in [-0.4, -0.2) is 44.4 Å². The number of ether oxygens (including phenoxy) is 2. The van der Waals surface area contributed by atoms with E-state index in [1.54, 1.807) is 17.2 Å². The number of piperidine rings is 1. The molecule has 1 amide bonds. The fourth-order valence-corrected chi connectivity index (χ4v) is 2.99. The molecule has 0 bridgehead atoms. The summed E-state index contributed by atoms with van der Waals surface area (Å²) >= 11 is 5.83. The lowest BCUT2D eigenvalue weighted by molar-refractivity contribution is 0.0184. The van der Waals surface area contributed by atoms with Crippen LogP contribution in [0.3, 0.4) is 0 Å². The zero-order valence-corrected chi connectivity index (χ0v) is 16.6. The topological polar surface area (TPSA) is 69.5 Å². The molecule has 0 N–H and O–H groups in total. The van der Waals surface area contributed by atoms with Gasteiger partial charge in [0, 0.05) is 31.5 Å². The first-order valence-electron chi connectivity index (χ1n) is 9.06. The lowest BCUT2D eigenvalue weighted by Gasteiger charge is -2.33. The van der Waals surface area contributed by atoms with Gasteiger partial charge in [0.25, 0.3) is 0 Å². The van der Waals surface area contributed by atoms with Crippen LogP contribution >= 0.6 is 11.6 Å². The van der Waals surface area contributed by atoms with Crippen LogP contribution < -0.4 is 4.74 Å². The van der Waals surface area contributed by atoms with Crippen LogP contribution in [0.4, 0.5) is 4.79 Å². The number of carbonyl (C=O) groups is 1. The molecule has 0 aliphatic carbocycles. The summed E-state index contributed by atoms with van der Waals surface area (Å²) in [6.45, 7) is 7.29. The van der Waals surface area contributed by atoms with E-state index in [0.29, 0.717) is 30.6 Å². The number of amides is 1. The Labute approximate surface area is 164 Å². The minimum Gasteiger partial charge on any atom is -0.470 e. The Balaban J connectivity index is 1.49. The van der Waals surface area contributed by atoms with Crippen molar-refractivity contribution in [3.05, 3.63) is 41.3 Å². The smallest absolute Gasteiger partial charge is 0.410 e. The summed E-state index contributed by atoms with van der Waals surface area (Å²) in [7, 11) is 0. The summed E-state index contributed by atoms with van der Waals surface area (Å²) in [5.41, 5.74) is 0.320. The Kier molecular flexibility index (Phi) is 5.89. The molecule has 3 heterocycles. The third kappa shape index (κ3) is 5.60. The van der Waals surface area contributed by atoms with Crippen LogP contribution in [0, 0.1) is 0 Å². The van der Waals surface area contributed by atoms with E-state index in [1.807, 2.05) is 43.8 Å². The van der Waals surface area contributed by atoms with Crippen LogP contribution in [0.5, 0.6) is 5.88 Å². The predicted octanol–water partition coefficient (Wildman–Crippen LogP) is 4.08. The molecule has 7 nitrogen and oxygen atoms in total. The van der Waals surface area contributed by atoms with E-state index in [9.17, 15) is 4.79 Å². The molecule has 0 aromatic carbocycles. The van der Waals surface area contributed by atoms with Crippen LogP contribution in [0.1, 0.15) is 45.3 Å². The maximum Gasteiger partial charge on any atom is 0.410 e. The molecule has 27 heavy (non-hydrogen) atoms. The van der Waals surface area contributed by atoms with Gasteiger partial charge < -0.3 is 14.4 Å². The van der Waals surface area contributed by atoms with Crippen molar-refractivity contribution in [2.24, 2.45) is 0 Å². The third-order valence-corrected chi connectivity index (χ3v) is 4.45. The maximum atomic E-state index is 12.1. The standard InChI is InChI=1S/C19H25ClN4O3/c1-19(2,3)27-18(25)23-9-6-16(7-10-23)24-11-8-17(22-24)26-13-15-5-4-14(20)12-21-15/h4-5,8,11-12,16H,6-7,9-10,13H2,1-3H3. The summed E-state index contributed by atoms with van der Waals surface area (Å²) in [5.74, 6) is 0.557. The highest BCUT2D eigenvalue weighted by Gasteiger charge is 2.27. The van der Waals surface area contributed by atoms with E-state index in [1.165, 1.54) is 0 Å². The molecule has 0 radical (unpaired) electrons. The van der Waals surface area contributed by atoms with Gasteiger partial charge in [-0.3, -0.25) is 9.67 Å². The molecule has 146 valence electrons. The molecule has 2 aromatic rings. The van der Waals surface area contributed by atoms with Crippen LogP contribution in [0.15, 0.2) is 30.6 Å². The summed E-state index contributed by atoms with van der Waals surface area (Å²) in [5, 5.41) is 5.10. The minimum absolute atomic E-state index is 0.245. The lowest BCUT2D eigenvalue weighted by Crippen LogP contribution is -2.42. The fourth-order valence-electron chi connectivity index (χ4n) is 2.88. The molecule has 0 atom stereocenters. The fraction of sp³-hybridized carbons (Fsp3) is 0.526. The number of hydrogen-bond donors (Lipinski definition) is 0. The number of likely N-dealkylation sites (tertiary alicyclic amines) is 1. The third-order valence-electron chi connectivity index (χ3n) is 4.23. The minimum atomic E-state index is -0.471. The van der Waals surface area contributed by atoms with Gasteiger partial charge in [-0.15, -0.1) is 5.10 Å². The van der Waals surface area contributed by atoms with Crippen molar-refractivity contribution in [3.63, 3.8) is 0 Å². The van der Waals surface area contributed by atoms with Gasteiger partial charge in [0.1, 0.15) is 12.2 Å². The second-order valence-corrected chi connectivity index (χ2v) is 8.03. The lowest BCUT2D eigenvalue weighted by atomic mass is 10.1. The summed E-state index contributed by atoms with van der Waals surface area (Å²) < 4.78 is 13.0. The molecule has 2 aromatic heterocycles. The molecule has 0 saturated carbocycles. The molecule has 8 heteroatoms. The number of carbonyl (C=O) groups excluding carboxylic acids is 1. The molecule has 1 saturated heterocycles. The zero-order valence-electron chi connectivity index (χ0n) is 15.9. The first-order valence-corrected chi connectivity index (χ1v) is 9.44. The Hall–Kier alpha value is -2.28. The normalized spacial score (nSPS) is 15.6. The zero-order chi connectivity index (χ0) is 19.4. The van der Waals surface area contributed by atoms with Gasteiger partial charge in [-0.05, 0) is 45.7 Å². The largest absolute Gasteiger partial charge is 0.470 e. The van der Waals surface area contributed by atoms with Crippen LogP contribution in [0.2, 0.25) is 5.02 Å². The van der Waals surface area contributed by atoms with Crippen molar-refractivity contribution in [2.45, 2.75) is 51.9 Å². The first kappa shape index (κ1) is 19.5. The van der Waals surface area contributed by atoms with Gasteiger partial charge in [-0.2, -0.15) is 0 Å². The Morgan fingerprint density at radius 2 is 2.00 bits per heavy atom. The van der Waals surface area contributed by atoms with E-state index in [2.05, 4.69) is 10.1 Å². The van der Waals surface area contributed by atoms with Gasteiger partial charge >= 0.3 is 6.09 Å². The predicted molar refractivity (Wildman–Crippen MR) is 102 cm³/mol. The van der Waals surface area contributed by atoms with E-state index < -0.39 is 5.60 Å². The number of hydrogen-bond acceptors (Lipinski definition) is 5. The van der Waals surface area contributed by atoms with Crippen molar-refractivity contribution in [2.75, 3.05) is 13.1 Å². The molecule has 1 fully saturated rings. The van der Waals surface area contributed by atoms with Crippen molar-refractivity contribution >= 4 is 17.7 Å². The highest BCUT2D eigenvalue weighted by molar-refractivity contribution is 6.30. The monoisotopic (exact) mass is 392 g/mol. The molecule has 0 unspecified atom stereocenters.